The molecule has 0 spiro atoms. The average molecular weight is 1620 g/mol. The van der Waals surface area contributed by atoms with Crippen LogP contribution in [0.25, 0.3) is 0 Å². The van der Waals surface area contributed by atoms with Gasteiger partial charge in [-0.25, -0.2) is 9.13 Å². The number of rotatable bonds is 84. The van der Waals surface area contributed by atoms with Gasteiger partial charge in [-0.3, -0.25) is 32.5 Å². The van der Waals surface area contributed by atoms with Crippen LogP contribution in [0, 0.1) is 0 Å². The molecule has 0 bridgehead atoms. The molecule has 0 saturated carbocycles. The summed E-state index contributed by atoms with van der Waals surface area (Å²) in [4.78, 5) is 58.9. The highest BCUT2D eigenvalue weighted by molar-refractivity contribution is 7.47. The van der Waals surface area contributed by atoms with Gasteiger partial charge in [-0.15, -0.1) is 0 Å². The van der Waals surface area contributed by atoms with E-state index < -0.39 is 91.5 Å². The largest absolute Gasteiger partial charge is 0.472 e. The van der Waals surface area contributed by atoms with Gasteiger partial charge in [0.25, 0.3) is 0 Å². The zero-order chi connectivity index (χ0) is 82.2. The molecule has 0 aromatic carbocycles. The van der Waals surface area contributed by atoms with Crippen LogP contribution in [0.5, 0.6) is 0 Å². The number of ether oxygens (including phenoxy) is 3. The predicted octanol–water partition coefficient (Wildman–Crippen LogP) is 27.3. The average Bonchev–Trinajstić information content (AvgIpc) is 0.901. The molecule has 0 aromatic heterocycles. The molecule has 0 radical (unpaired) electrons. The minimum absolute atomic E-state index is 0.0735. The van der Waals surface area contributed by atoms with Crippen LogP contribution >= 0.6 is 15.6 Å². The number of hydrogen-bond acceptors (Lipinski definition) is 14. The number of esters is 3. The summed E-state index contributed by atoms with van der Waals surface area (Å²) in [5.41, 5.74) is 0. The minimum Gasteiger partial charge on any atom is -0.463 e. The second-order valence-corrected chi connectivity index (χ2v) is 32.5. The quantitative estimate of drug-likeness (QED) is 0.0146. The molecule has 113 heavy (non-hydrogen) atoms. The second-order valence-electron chi connectivity index (χ2n) is 29.6. The molecular weight excluding hydrogens is 1460 g/mol. The van der Waals surface area contributed by atoms with E-state index in [9.17, 15) is 43.5 Å². The molecule has 5 unspecified atom stereocenters. The first kappa shape index (κ1) is 108. The van der Waals surface area contributed by atoms with E-state index in [0.717, 1.165) is 154 Å². The zero-order valence-electron chi connectivity index (χ0n) is 71.3. The number of aliphatic hydroxyl groups excluding tert-OH is 2. The van der Waals surface area contributed by atoms with Gasteiger partial charge in [0, 0.05) is 19.3 Å². The van der Waals surface area contributed by atoms with E-state index in [1.807, 2.05) is 0 Å². The first-order valence-electron chi connectivity index (χ1n) is 44.8. The van der Waals surface area contributed by atoms with Crippen molar-refractivity contribution in [2.45, 2.75) is 386 Å². The third-order valence-corrected chi connectivity index (χ3v) is 20.6. The summed E-state index contributed by atoms with van der Waals surface area (Å²) in [6, 6.07) is 0. The molecular formula is C95H162O16P2. The molecule has 0 rings (SSSR count). The molecule has 648 valence electrons. The van der Waals surface area contributed by atoms with E-state index in [-0.39, 0.29) is 19.3 Å². The van der Waals surface area contributed by atoms with Crippen molar-refractivity contribution in [2.24, 2.45) is 0 Å². The van der Waals surface area contributed by atoms with Gasteiger partial charge in [0.05, 0.1) is 26.4 Å². The summed E-state index contributed by atoms with van der Waals surface area (Å²) in [6.07, 6.45) is 110. The number of allylic oxidation sites excluding steroid dienone is 26. The lowest BCUT2D eigenvalue weighted by Gasteiger charge is -2.21. The Bertz CT molecular complexity index is 2680. The van der Waals surface area contributed by atoms with Gasteiger partial charge in [-0.2, -0.15) is 0 Å². The Morgan fingerprint density at radius 1 is 0.257 bits per heavy atom. The van der Waals surface area contributed by atoms with E-state index >= 15 is 0 Å². The molecule has 16 nitrogen and oxygen atoms in total. The molecule has 0 aliphatic heterocycles. The lowest BCUT2D eigenvalue weighted by molar-refractivity contribution is -0.161. The second kappa shape index (κ2) is 86.5. The molecule has 0 fully saturated rings. The van der Waals surface area contributed by atoms with Crippen LogP contribution in [0.15, 0.2) is 158 Å². The topological polar surface area (TPSA) is 231 Å². The number of carbonyl (C=O) groups is 3. The number of unbranched alkanes of at least 4 members (excludes halogenated alkanes) is 35. The number of phosphoric acid groups is 2. The molecule has 0 aliphatic rings. The van der Waals surface area contributed by atoms with Crippen molar-refractivity contribution in [3.63, 3.8) is 0 Å². The Morgan fingerprint density at radius 2 is 0.469 bits per heavy atom. The lowest BCUT2D eigenvalue weighted by Crippen LogP contribution is -2.30. The summed E-state index contributed by atoms with van der Waals surface area (Å²) in [6.45, 7) is 2.43. The van der Waals surface area contributed by atoms with Crippen molar-refractivity contribution >= 4 is 33.6 Å². The highest BCUT2D eigenvalue weighted by Gasteiger charge is 2.29. The normalized spacial score (nSPS) is 14.6. The Labute approximate surface area is 689 Å². The third kappa shape index (κ3) is 87.8. The summed E-state index contributed by atoms with van der Waals surface area (Å²) in [7, 11) is -9.81. The summed E-state index contributed by atoms with van der Waals surface area (Å²) < 4.78 is 61.4. The first-order chi connectivity index (χ1) is 55.2. The molecule has 4 N–H and O–H groups in total. The van der Waals surface area contributed by atoms with Crippen LogP contribution in [0.3, 0.4) is 0 Å². The van der Waals surface area contributed by atoms with Crippen molar-refractivity contribution in [2.75, 3.05) is 39.6 Å². The molecule has 0 amide bonds. The van der Waals surface area contributed by atoms with E-state index in [1.54, 1.807) is 0 Å². The fraction of sp³-hybridized carbons (Fsp3) is 0.695. The molecule has 5 atom stereocenters. The standard InChI is InChI=1S/C95H162O16P2/c1-4-7-10-13-16-19-22-25-28-31-33-35-37-39-41-43-44-46-48-49-51-53-55-58-60-63-66-69-72-75-78-81-93(98)105-84-90(96)85-107-112(101,102)108-86-91(97)87-109-113(103,104)110-89-92(111-95(100)83-80-77-74-71-68-65-62-57-30-27-24-21-18-15-12-9-6-3)88-106-94(99)82-79-76-73-70-67-64-61-59-56-54-52-50-47-45-42-40-38-36-34-32-29-26-23-20-17-14-11-8-5-2/h7,9-10,12,16-21,25-30,33-36,39-42,62,65,90-92,96-97H,4-6,8,11,13-15,22-24,31-32,37-38,43-61,63-64,66-89H2,1-3H3,(H,101,102)(H,103,104)/b10-7-,12-9-,19-16-,20-17-,21-18-,28-25-,29-26-,30-27-,35-33-,36-34-,41-39-,42-40-,65-62-. The fourth-order valence-electron chi connectivity index (χ4n) is 12.0. The molecule has 0 saturated heterocycles. The minimum atomic E-state index is -4.95. The Kier molecular flexibility index (Phi) is 82.8. The van der Waals surface area contributed by atoms with Gasteiger partial charge < -0.3 is 34.2 Å². The van der Waals surface area contributed by atoms with Crippen molar-refractivity contribution in [3.8, 4) is 0 Å². The number of hydrogen-bond donors (Lipinski definition) is 4. The number of aliphatic hydroxyl groups is 2. The van der Waals surface area contributed by atoms with Crippen molar-refractivity contribution in [1.29, 1.82) is 0 Å². The Morgan fingerprint density at radius 3 is 0.743 bits per heavy atom. The van der Waals surface area contributed by atoms with Crippen molar-refractivity contribution in [1.82, 2.24) is 0 Å². The SMILES string of the molecule is CC/C=C\C/C=C\C/C=C\C/C=C\C/C=C\CCCCCCCCCCCCCCCCCC(=O)OCC(O)COP(=O)(O)OCC(O)COP(=O)(O)OCC(COC(=O)CCCCCCCCCCCCCCC/C=C\C/C=C\C/C=C\C/C=C\CCCCC)OC(=O)CCCCCC/C=C\C/C=C\C/C=C\C/C=C\CC. The van der Waals surface area contributed by atoms with E-state index in [0.29, 0.717) is 19.3 Å². The Balaban J connectivity index is 4.53. The molecule has 0 aromatic rings. The number of phosphoric ester groups is 2. The van der Waals surface area contributed by atoms with Crippen LogP contribution in [-0.4, -0.2) is 95.9 Å². The first-order valence-corrected chi connectivity index (χ1v) is 47.8. The molecule has 0 aliphatic carbocycles. The van der Waals surface area contributed by atoms with Gasteiger partial charge in [0.2, 0.25) is 0 Å². The third-order valence-electron chi connectivity index (χ3n) is 18.7. The van der Waals surface area contributed by atoms with Crippen LogP contribution in [0.1, 0.15) is 367 Å². The van der Waals surface area contributed by atoms with Crippen molar-refractivity contribution in [3.05, 3.63) is 158 Å². The maximum Gasteiger partial charge on any atom is 0.472 e. The predicted molar refractivity (Wildman–Crippen MR) is 472 cm³/mol. The molecule has 18 heteroatoms. The van der Waals surface area contributed by atoms with Gasteiger partial charge >= 0.3 is 33.6 Å². The van der Waals surface area contributed by atoms with Gasteiger partial charge in [-0.05, 0) is 148 Å². The zero-order valence-corrected chi connectivity index (χ0v) is 73.0. The summed E-state index contributed by atoms with van der Waals surface area (Å²) >= 11 is 0. The van der Waals surface area contributed by atoms with Gasteiger partial charge in [-0.1, -0.05) is 359 Å². The fourth-order valence-corrected chi connectivity index (χ4v) is 13.6. The maximum atomic E-state index is 13.0. The smallest absolute Gasteiger partial charge is 0.463 e. The van der Waals surface area contributed by atoms with Gasteiger partial charge in [0.1, 0.15) is 25.4 Å². The van der Waals surface area contributed by atoms with E-state index in [2.05, 4.69) is 179 Å². The molecule has 0 heterocycles. The summed E-state index contributed by atoms with van der Waals surface area (Å²) in [5.74, 6) is -1.60. The van der Waals surface area contributed by atoms with E-state index in [1.165, 1.54) is 154 Å². The van der Waals surface area contributed by atoms with Crippen molar-refractivity contribution < 1.29 is 75.8 Å². The maximum absolute atomic E-state index is 13.0. The Hall–Kier alpha value is -4.83. The lowest BCUT2D eigenvalue weighted by atomic mass is 10.0. The monoisotopic (exact) mass is 1620 g/mol. The van der Waals surface area contributed by atoms with Crippen LogP contribution in [-0.2, 0) is 55.8 Å². The highest BCUT2D eigenvalue weighted by Crippen LogP contribution is 2.45. The van der Waals surface area contributed by atoms with Crippen LogP contribution in [0.2, 0.25) is 0 Å². The van der Waals surface area contributed by atoms with Crippen LogP contribution < -0.4 is 0 Å². The highest BCUT2D eigenvalue weighted by atomic mass is 31.2. The summed E-state index contributed by atoms with van der Waals surface area (Å²) in [5, 5.41) is 20.7. The van der Waals surface area contributed by atoms with Gasteiger partial charge in [0.15, 0.2) is 6.10 Å². The van der Waals surface area contributed by atoms with E-state index in [4.69, 9.17) is 32.3 Å². The van der Waals surface area contributed by atoms with Crippen LogP contribution in [0.4, 0.5) is 0 Å². The number of carbonyl (C=O) groups excluding carboxylic acids is 3.